The first-order valence-electron chi connectivity index (χ1n) is 5.85. The molecule has 1 unspecified atom stereocenters. The lowest BCUT2D eigenvalue weighted by Crippen LogP contribution is -2.05. The first kappa shape index (κ1) is 13.5. The molecule has 0 radical (unpaired) electrons. The van der Waals surface area contributed by atoms with E-state index in [9.17, 15) is 5.11 Å². The molecule has 2 nitrogen and oxygen atoms in total. The summed E-state index contributed by atoms with van der Waals surface area (Å²) in [6.07, 6.45) is 2.14. The number of aliphatic hydroxyl groups excluding tert-OH is 1. The van der Waals surface area contributed by atoms with Gasteiger partial charge in [-0.05, 0) is 24.5 Å². The first-order chi connectivity index (χ1) is 7.54. The lowest BCUT2D eigenvalue weighted by Gasteiger charge is -2.15. The maximum absolute atomic E-state index is 9.62. The number of aliphatic hydroxyl groups is 1. The molecule has 2 atom stereocenters. The Morgan fingerprint density at radius 1 is 1.31 bits per heavy atom. The summed E-state index contributed by atoms with van der Waals surface area (Å²) in [7, 11) is 0. The lowest BCUT2D eigenvalue weighted by molar-refractivity contribution is 0.169. The Balaban J connectivity index is 2.64. The van der Waals surface area contributed by atoms with Crippen LogP contribution in [0, 0.1) is 5.92 Å². The molecule has 1 rings (SSSR count). The topological polar surface area (TPSA) is 33.1 Å². The van der Waals surface area contributed by atoms with Gasteiger partial charge >= 0.3 is 0 Å². The molecule has 0 spiro atoms. The van der Waals surface area contributed by atoms with Crippen molar-refractivity contribution in [1.82, 2.24) is 4.98 Å². The summed E-state index contributed by atoms with van der Waals surface area (Å²) in [6.45, 7) is 8.63. The van der Waals surface area contributed by atoms with Crippen molar-refractivity contribution >= 4 is 11.8 Å². The van der Waals surface area contributed by atoms with Crippen LogP contribution in [0.2, 0.25) is 0 Å². The molecule has 0 bridgehead atoms. The molecule has 1 aromatic rings. The minimum absolute atomic E-state index is 0.429. The van der Waals surface area contributed by atoms with Crippen LogP contribution in [0.15, 0.2) is 23.2 Å². The Bertz CT molecular complexity index is 310. The molecule has 0 amide bonds. The minimum atomic E-state index is -0.429. The fraction of sp³-hybridized carbons (Fsp3) is 0.615. The molecule has 0 saturated heterocycles. The molecule has 0 saturated carbocycles. The highest BCUT2D eigenvalue weighted by atomic mass is 32.2. The van der Waals surface area contributed by atoms with Crippen molar-refractivity contribution in [2.45, 2.75) is 50.4 Å². The summed E-state index contributed by atoms with van der Waals surface area (Å²) >= 11 is 1.84. The third-order valence-electron chi connectivity index (χ3n) is 2.75. The molecule has 1 N–H and O–H groups in total. The monoisotopic (exact) mass is 239 g/mol. The maximum Gasteiger partial charge on any atom is 0.0957 e. The van der Waals surface area contributed by atoms with E-state index < -0.39 is 6.10 Å². The molecule has 1 aromatic heterocycles. The Morgan fingerprint density at radius 3 is 2.44 bits per heavy atom. The molecule has 0 aliphatic rings. The normalized spacial score (nSPS) is 15.1. The predicted octanol–water partition coefficient (Wildman–Crippen LogP) is 3.66. The fourth-order valence-corrected chi connectivity index (χ4v) is 2.18. The second-order valence-corrected chi connectivity index (χ2v) is 5.86. The van der Waals surface area contributed by atoms with Gasteiger partial charge in [0.25, 0.3) is 0 Å². The quantitative estimate of drug-likeness (QED) is 0.796. The zero-order valence-corrected chi connectivity index (χ0v) is 11.3. The van der Waals surface area contributed by atoms with Crippen LogP contribution in [-0.4, -0.2) is 15.3 Å². The largest absolute Gasteiger partial charge is 0.387 e. The zero-order chi connectivity index (χ0) is 12.1. The van der Waals surface area contributed by atoms with E-state index in [-0.39, 0.29) is 0 Å². The SMILES string of the molecule is CC[C@@H](O)c1ccc(SC(C)C(C)C)cn1. The van der Waals surface area contributed by atoms with Crippen molar-refractivity contribution in [1.29, 1.82) is 0 Å². The average molecular weight is 239 g/mol. The zero-order valence-electron chi connectivity index (χ0n) is 10.5. The number of rotatable bonds is 5. The molecule has 1 heterocycles. The van der Waals surface area contributed by atoms with E-state index in [1.54, 1.807) is 0 Å². The standard InChI is InChI=1S/C13H21NOS/c1-5-13(15)12-7-6-11(8-14-12)16-10(4)9(2)3/h6-10,13,15H,5H2,1-4H3/t10?,13-/m1/s1. The van der Waals surface area contributed by atoms with Gasteiger partial charge < -0.3 is 5.11 Å². The average Bonchev–Trinajstić information content (AvgIpc) is 2.28. The Kier molecular flexibility index (Phi) is 5.29. The van der Waals surface area contributed by atoms with Gasteiger partial charge in [-0.15, -0.1) is 11.8 Å². The summed E-state index contributed by atoms with van der Waals surface area (Å²) in [5, 5.41) is 10.2. The molecule has 0 aliphatic heterocycles. The Morgan fingerprint density at radius 2 is 2.00 bits per heavy atom. The molecular weight excluding hydrogens is 218 g/mol. The van der Waals surface area contributed by atoms with Gasteiger partial charge in [0, 0.05) is 16.3 Å². The van der Waals surface area contributed by atoms with Gasteiger partial charge in [-0.25, -0.2) is 0 Å². The number of pyridine rings is 1. The van der Waals surface area contributed by atoms with Gasteiger partial charge in [0.05, 0.1) is 11.8 Å². The van der Waals surface area contributed by atoms with Gasteiger partial charge in [-0.3, -0.25) is 4.98 Å². The minimum Gasteiger partial charge on any atom is -0.387 e. The predicted molar refractivity (Wildman–Crippen MR) is 69.6 cm³/mol. The van der Waals surface area contributed by atoms with E-state index in [2.05, 4.69) is 25.8 Å². The van der Waals surface area contributed by atoms with E-state index in [0.29, 0.717) is 17.6 Å². The Labute approximate surface area is 102 Å². The highest BCUT2D eigenvalue weighted by molar-refractivity contribution is 8.00. The Hall–Kier alpha value is -0.540. The number of hydrogen-bond acceptors (Lipinski definition) is 3. The van der Waals surface area contributed by atoms with Crippen LogP contribution in [0.5, 0.6) is 0 Å². The molecule has 90 valence electrons. The summed E-state index contributed by atoms with van der Waals surface area (Å²) in [4.78, 5) is 5.47. The summed E-state index contributed by atoms with van der Waals surface area (Å²) in [6, 6.07) is 3.97. The van der Waals surface area contributed by atoms with Crippen molar-refractivity contribution in [2.75, 3.05) is 0 Å². The van der Waals surface area contributed by atoms with Crippen LogP contribution in [-0.2, 0) is 0 Å². The van der Waals surface area contributed by atoms with Crippen LogP contribution in [0.1, 0.15) is 45.9 Å². The maximum atomic E-state index is 9.62. The van der Waals surface area contributed by atoms with E-state index >= 15 is 0 Å². The van der Waals surface area contributed by atoms with E-state index in [1.165, 1.54) is 4.90 Å². The van der Waals surface area contributed by atoms with Crippen molar-refractivity contribution in [3.05, 3.63) is 24.0 Å². The smallest absolute Gasteiger partial charge is 0.0957 e. The van der Waals surface area contributed by atoms with Gasteiger partial charge in [0.2, 0.25) is 0 Å². The van der Waals surface area contributed by atoms with Crippen LogP contribution < -0.4 is 0 Å². The summed E-state index contributed by atoms with van der Waals surface area (Å²) in [5.41, 5.74) is 0.768. The van der Waals surface area contributed by atoms with Gasteiger partial charge in [-0.1, -0.05) is 27.7 Å². The molecule has 0 aromatic carbocycles. The van der Waals surface area contributed by atoms with Crippen LogP contribution in [0.25, 0.3) is 0 Å². The number of thioether (sulfide) groups is 1. The van der Waals surface area contributed by atoms with E-state index in [1.807, 2.05) is 37.0 Å². The number of hydrogen-bond donors (Lipinski definition) is 1. The van der Waals surface area contributed by atoms with Gasteiger partial charge in [-0.2, -0.15) is 0 Å². The molecule has 0 fully saturated rings. The van der Waals surface area contributed by atoms with Crippen molar-refractivity contribution in [3.8, 4) is 0 Å². The van der Waals surface area contributed by atoms with Crippen LogP contribution in [0.3, 0.4) is 0 Å². The molecule has 0 aliphatic carbocycles. The van der Waals surface area contributed by atoms with E-state index in [4.69, 9.17) is 0 Å². The highest BCUT2D eigenvalue weighted by Gasteiger charge is 2.10. The van der Waals surface area contributed by atoms with Gasteiger partial charge in [0.1, 0.15) is 0 Å². The van der Waals surface area contributed by atoms with Crippen molar-refractivity contribution in [3.63, 3.8) is 0 Å². The summed E-state index contributed by atoms with van der Waals surface area (Å²) < 4.78 is 0. The third-order valence-corrected chi connectivity index (χ3v) is 4.18. The number of nitrogens with zero attached hydrogens (tertiary/aromatic N) is 1. The van der Waals surface area contributed by atoms with Crippen molar-refractivity contribution in [2.24, 2.45) is 5.92 Å². The van der Waals surface area contributed by atoms with E-state index in [0.717, 1.165) is 5.69 Å². The van der Waals surface area contributed by atoms with Crippen LogP contribution in [0.4, 0.5) is 0 Å². The lowest BCUT2D eigenvalue weighted by atomic mass is 10.2. The van der Waals surface area contributed by atoms with Crippen LogP contribution >= 0.6 is 11.8 Å². The summed E-state index contributed by atoms with van der Waals surface area (Å²) in [5.74, 6) is 0.658. The molecule has 16 heavy (non-hydrogen) atoms. The van der Waals surface area contributed by atoms with Gasteiger partial charge in [0.15, 0.2) is 0 Å². The fourth-order valence-electron chi connectivity index (χ4n) is 1.22. The second-order valence-electron chi connectivity index (χ2n) is 4.41. The number of aromatic nitrogens is 1. The second kappa shape index (κ2) is 6.26. The van der Waals surface area contributed by atoms with Crippen molar-refractivity contribution < 1.29 is 5.11 Å². The highest BCUT2D eigenvalue weighted by Crippen LogP contribution is 2.27. The first-order valence-corrected chi connectivity index (χ1v) is 6.73. The molecule has 3 heteroatoms. The molecular formula is C13H21NOS. The third kappa shape index (κ3) is 3.80.